The molecule has 1 N–H and O–H groups in total. The number of hydrogen-bond donors (Lipinski definition) is 1. The molecule has 84 valence electrons. The number of pyridine rings is 2. The highest BCUT2D eigenvalue weighted by molar-refractivity contribution is 5.73. The predicted molar refractivity (Wildman–Crippen MR) is 70.1 cm³/mol. The zero-order chi connectivity index (χ0) is 11.8. The fraction of sp³-hybridized carbons (Fsp3) is 0. The topological polar surface area (TPSA) is 37.8 Å². The maximum Gasteiger partial charge on any atom is 0.159 e. The molecule has 1 aliphatic rings. The Morgan fingerprint density at radius 2 is 1.35 bits per heavy atom. The van der Waals surface area contributed by atoms with Crippen LogP contribution in [0.5, 0.6) is 0 Å². The van der Waals surface area contributed by atoms with Crippen molar-refractivity contribution in [1.82, 2.24) is 15.3 Å². The Labute approximate surface area is 100 Å². The molecule has 2 aromatic heterocycles. The Kier molecular flexibility index (Phi) is 4.06. The van der Waals surface area contributed by atoms with Crippen LogP contribution in [0.4, 0.5) is 0 Å². The minimum absolute atomic E-state index is 0.810. The third-order valence-corrected chi connectivity index (χ3v) is 2.09. The van der Waals surface area contributed by atoms with Crippen LogP contribution in [0.25, 0.3) is 11.0 Å². The summed E-state index contributed by atoms with van der Waals surface area (Å²) in [6.45, 7) is 0. The van der Waals surface area contributed by atoms with Gasteiger partial charge in [-0.05, 0) is 36.4 Å². The van der Waals surface area contributed by atoms with E-state index in [2.05, 4.69) is 15.3 Å². The summed E-state index contributed by atoms with van der Waals surface area (Å²) in [6.07, 6.45) is 15.1. The molecular weight excluding hydrogens is 210 g/mol. The van der Waals surface area contributed by atoms with Crippen LogP contribution in [0, 0.1) is 0 Å². The van der Waals surface area contributed by atoms with Gasteiger partial charge < -0.3 is 5.32 Å². The largest absolute Gasteiger partial charge is 0.368 e. The Bertz CT molecular complexity index is 477. The molecule has 0 unspecified atom stereocenters. The Morgan fingerprint density at radius 1 is 0.765 bits per heavy atom. The van der Waals surface area contributed by atoms with Gasteiger partial charge in [0.2, 0.25) is 0 Å². The second-order valence-corrected chi connectivity index (χ2v) is 3.32. The van der Waals surface area contributed by atoms with Crippen LogP contribution in [-0.2, 0) is 0 Å². The average Bonchev–Trinajstić information content (AvgIpc) is 2.72. The molecule has 0 saturated heterocycles. The number of fused-ring (bicyclic) bond motifs is 1. The van der Waals surface area contributed by atoms with Gasteiger partial charge in [0, 0.05) is 30.2 Å². The lowest BCUT2D eigenvalue weighted by Gasteiger charge is -1.90. The summed E-state index contributed by atoms with van der Waals surface area (Å²) in [7, 11) is 0. The molecule has 0 radical (unpaired) electrons. The number of hydrogen-bond acceptors (Lipinski definition) is 3. The third kappa shape index (κ3) is 3.57. The molecule has 3 nitrogen and oxygen atoms in total. The molecule has 0 saturated carbocycles. The van der Waals surface area contributed by atoms with Crippen LogP contribution in [0.1, 0.15) is 0 Å². The summed E-state index contributed by atoms with van der Waals surface area (Å²) < 4.78 is 0. The van der Waals surface area contributed by atoms with Crippen molar-refractivity contribution >= 4 is 11.0 Å². The molecule has 3 heteroatoms. The van der Waals surface area contributed by atoms with Crippen LogP contribution in [0.2, 0.25) is 0 Å². The van der Waals surface area contributed by atoms with Crippen molar-refractivity contribution in [3.05, 3.63) is 73.4 Å². The monoisotopic (exact) mass is 223 g/mol. The normalized spacial score (nSPS) is 12.5. The van der Waals surface area contributed by atoms with Gasteiger partial charge in [-0.1, -0.05) is 12.2 Å². The lowest BCUT2D eigenvalue weighted by Crippen LogP contribution is -1.87. The van der Waals surface area contributed by atoms with Crippen molar-refractivity contribution in [2.24, 2.45) is 0 Å². The highest BCUT2D eigenvalue weighted by atomic mass is 14.8. The maximum absolute atomic E-state index is 4.07. The molecule has 0 aliphatic carbocycles. The van der Waals surface area contributed by atoms with E-state index in [4.69, 9.17) is 0 Å². The summed E-state index contributed by atoms with van der Waals surface area (Å²) in [4.78, 5) is 8.14. The van der Waals surface area contributed by atoms with Crippen molar-refractivity contribution in [2.75, 3.05) is 0 Å². The van der Waals surface area contributed by atoms with Gasteiger partial charge in [0.1, 0.15) is 0 Å². The number of nitrogens with zero attached hydrogens (tertiary/aromatic N) is 2. The molecule has 0 bridgehead atoms. The summed E-state index contributed by atoms with van der Waals surface area (Å²) in [5.41, 5.74) is 0.810. The van der Waals surface area contributed by atoms with E-state index >= 15 is 0 Å². The molecule has 0 fully saturated rings. The van der Waals surface area contributed by atoms with Crippen LogP contribution < -0.4 is 5.32 Å². The molecule has 0 spiro atoms. The highest BCUT2D eigenvalue weighted by Crippen LogP contribution is 2.04. The van der Waals surface area contributed by atoms with Crippen molar-refractivity contribution in [3.63, 3.8) is 0 Å². The maximum atomic E-state index is 4.07. The second kappa shape index (κ2) is 6.23. The summed E-state index contributed by atoms with van der Waals surface area (Å²) in [5.74, 6) is 0. The van der Waals surface area contributed by atoms with Gasteiger partial charge in [-0.15, -0.1) is 0 Å². The van der Waals surface area contributed by atoms with Crippen LogP contribution in [0.15, 0.2) is 73.4 Å². The van der Waals surface area contributed by atoms with Gasteiger partial charge >= 0.3 is 0 Å². The van der Waals surface area contributed by atoms with Crippen molar-refractivity contribution in [1.29, 1.82) is 0 Å². The van der Waals surface area contributed by atoms with E-state index in [1.165, 1.54) is 0 Å². The van der Waals surface area contributed by atoms with E-state index < -0.39 is 0 Å². The summed E-state index contributed by atoms with van der Waals surface area (Å²) in [5, 5.41) is 4.01. The van der Waals surface area contributed by atoms with Crippen LogP contribution in [-0.4, -0.2) is 9.97 Å². The quantitative estimate of drug-likeness (QED) is 0.746. The fourth-order valence-electron chi connectivity index (χ4n) is 1.31. The Morgan fingerprint density at radius 3 is 1.88 bits per heavy atom. The van der Waals surface area contributed by atoms with E-state index in [0.717, 1.165) is 11.0 Å². The second-order valence-electron chi connectivity index (χ2n) is 3.32. The molecule has 0 atom stereocenters. The zero-order valence-corrected chi connectivity index (χ0v) is 9.32. The number of aromatic nitrogens is 2. The van der Waals surface area contributed by atoms with Gasteiger partial charge in [-0.25, -0.2) is 9.97 Å². The van der Waals surface area contributed by atoms with Gasteiger partial charge in [0.25, 0.3) is 0 Å². The van der Waals surface area contributed by atoms with Crippen LogP contribution in [0.3, 0.4) is 0 Å². The number of allylic oxidation sites excluding steroid dienone is 4. The molecule has 0 amide bonds. The Hall–Kier alpha value is -2.42. The predicted octanol–water partition coefficient (Wildman–Crippen LogP) is 2.80. The lowest BCUT2D eigenvalue weighted by atomic mass is 10.3. The average molecular weight is 223 g/mol. The van der Waals surface area contributed by atoms with Gasteiger partial charge in [-0.3, -0.25) is 0 Å². The molecule has 17 heavy (non-hydrogen) atoms. The Balaban J connectivity index is 0.000000136. The van der Waals surface area contributed by atoms with Crippen molar-refractivity contribution < 1.29 is 0 Å². The van der Waals surface area contributed by atoms with Gasteiger partial charge in [0.15, 0.2) is 5.65 Å². The lowest BCUT2D eigenvalue weighted by molar-refractivity contribution is 1.20. The molecule has 2 aromatic rings. The SMILES string of the molecule is C1=CC=CNC=C1.c1cnc2ncccc2c1. The molecular formula is C14H13N3. The minimum Gasteiger partial charge on any atom is -0.368 e. The van der Waals surface area contributed by atoms with E-state index in [1.54, 1.807) is 12.4 Å². The number of nitrogens with one attached hydrogen (secondary N) is 1. The first-order chi connectivity index (χ1) is 8.47. The van der Waals surface area contributed by atoms with E-state index in [1.807, 2.05) is 61.0 Å². The number of rotatable bonds is 0. The molecule has 3 rings (SSSR count). The zero-order valence-electron chi connectivity index (χ0n) is 9.32. The smallest absolute Gasteiger partial charge is 0.159 e. The van der Waals surface area contributed by atoms with Crippen LogP contribution >= 0.6 is 0 Å². The minimum atomic E-state index is 0.810. The van der Waals surface area contributed by atoms with Crippen molar-refractivity contribution in [2.45, 2.75) is 0 Å². The fourth-order valence-corrected chi connectivity index (χ4v) is 1.31. The first-order valence-electron chi connectivity index (χ1n) is 5.37. The van der Waals surface area contributed by atoms with Gasteiger partial charge in [-0.2, -0.15) is 0 Å². The third-order valence-electron chi connectivity index (χ3n) is 2.09. The van der Waals surface area contributed by atoms with Gasteiger partial charge in [0.05, 0.1) is 0 Å². The highest BCUT2D eigenvalue weighted by Gasteiger charge is 1.88. The molecule has 3 heterocycles. The van der Waals surface area contributed by atoms with E-state index in [9.17, 15) is 0 Å². The first kappa shape index (κ1) is 11.1. The molecule has 0 aromatic carbocycles. The summed E-state index contributed by atoms with van der Waals surface area (Å²) in [6, 6.07) is 7.80. The molecule has 1 aliphatic heterocycles. The standard InChI is InChI=1S/C8H6N2.C6H7N/c1-3-7-4-2-6-10-8(7)9-5-1;1-2-4-6-7-5-3-1/h1-6H;1-7H. The first-order valence-corrected chi connectivity index (χ1v) is 5.37. The van der Waals surface area contributed by atoms with E-state index in [-0.39, 0.29) is 0 Å². The summed E-state index contributed by atoms with van der Waals surface area (Å²) >= 11 is 0. The van der Waals surface area contributed by atoms with Crippen molar-refractivity contribution in [3.8, 4) is 0 Å². The van der Waals surface area contributed by atoms with E-state index in [0.29, 0.717) is 0 Å².